The Morgan fingerprint density at radius 1 is 1.07 bits per heavy atom. The summed E-state index contributed by atoms with van der Waals surface area (Å²) in [6.07, 6.45) is -1.88. The maximum Gasteiger partial charge on any atom is 0.455 e. The molecule has 0 N–H and O–H groups in total. The van der Waals surface area contributed by atoms with Gasteiger partial charge in [0.2, 0.25) is 0 Å². The van der Waals surface area contributed by atoms with Gasteiger partial charge in [-0.2, -0.15) is 13.2 Å². The van der Waals surface area contributed by atoms with E-state index in [2.05, 4.69) is 20.0 Å². The third kappa shape index (κ3) is 5.77. The van der Waals surface area contributed by atoms with Crippen molar-refractivity contribution in [1.29, 1.82) is 0 Å². The van der Waals surface area contributed by atoms with E-state index < -0.39 is 18.0 Å². The number of alkyl halides is 3. The van der Waals surface area contributed by atoms with E-state index in [1.165, 1.54) is 35.0 Å². The van der Waals surface area contributed by atoms with Crippen LogP contribution in [-0.4, -0.2) is 27.5 Å². The summed E-state index contributed by atoms with van der Waals surface area (Å²) in [6, 6.07) is 15.4. The Balaban J connectivity index is 1.92. The van der Waals surface area contributed by atoms with Crippen molar-refractivity contribution in [2.45, 2.75) is 12.7 Å². The van der Waals surface area contributed by atoms with Crippen molar-refractivity contribution in [1.82, 2.24) is 9.55 Å². The summed E-state index contributed by atoms with van der Waals surface area (Å²) in [4.78, 5) is 23.9. The molecule has 0 aliphatic carbocycles. The van der Waals surface area contributed by atoms with Gasteiger partial charge in [-0.05, 0) is 41.1 Å². The number of hydrogen-bond donors (Lipinski definition) is 0. The lowest BCUT2D eigenvalue weighted by Gasteiger charge is -2.09. The molecular weight excluding hydrogens is 421 g/mol. The van der Waals surface area contributed by atoms with Crippen molar-refractivity contribution in [3.8, 4) is 0 Å². The first-order valence-electron chi connectivity index (χ1n) is 8.55. The van der Waals surface area contributed by atoms with Crippen molar-refractivity contribution < 1.29 is 22.8 Å². The fourth-order valence-electron chi connectivity index (χ4n) is 2.35. The van der Waals surface area contributed by atoms with E-state index in [4.69, 9.17) is 11.6 Å². The lowest BCUT2D eigenvalue weighted by Crippen LogP contribution is -2.28. The standard InChI is InChI=1S/C20H14ClF3N4O2/c21-16-10-9-14(12-25-16)13-28-11-5-4-8-17(28)26-19(20(22,23)24)27-30-18(29)15-6-2-1-3-7-15/h1-12H,13H2. The number of amidine groups is 1. The molecular formula is C20H14ClF3N4O2. The van der Waals surface area contributed by atoms with Crippen LogP contribution in [0.5, 0.6) is 0 Å². The van der Waals surface area contributed by atoms with Crippen LogP contribution < -0.4 is 5.49 Å². The largest absolute Gasteiger partial charge is 0.455 e. The van der Waals surface area contributed by atoms with Gasteiger partial charge in [0.15, 0.2) is 0 Å². The molecule has 0 amide bonds. The van der Waals surface area contributed by atoms with Crippen molar-refractivity contribution in [3.63, 3.8) is 0 Å². The molecule has 2 heterocycles. The summed E-state index contributed by atoms with van der Waals surface area (Å²) in [5.41, 5.74) is 0.722. The van der Waals surface area contributed by atoms with Gasteiger partial charge in [-0.15, -0.1) is 0 Å². The SMILES string of the molecule is O=C(ON=C(N=c1ccccn1Cc1ccc(Cl)nc1)C(F)(F)F)c1ccccc1. The molecule has 6 nitrogen and oxygen atoms in total. The van der Waals surface area contributed by atoms with Crippen molar-refractivity contribution in [3.05, 3.63) is 94.8 Å². The van der Waals surface area contributed by atoms with E-state index in [9.17, 15) is 18.0 Å². The van der Waals surface area contributed by atoms with Crippen LogP contribution in [0, 0.1) is 0 Å². The predicted molar refractivity (Wildman–Crippen MR) is 104 cm³/mol. The second kappa shape index (κ2) is 9.36. The zero-order valence-electron chi connectivity index (χ0n) is 15.3. The highest BCUT2D eigenvalue weighted by molar-refractivity contribution is 6.29. The molecule has 0 spiro atoms. The summed E-state index contributed by atoms with van der Waals surface area (Å²) in [5.74, 6) is -2.62. The van der Waals surface area contributed by atoms with E-state index in [0.717, 1.165) is 0 Å². The number of pyridine rings is 2. The molecule has 154 valence electrons. The minimum Gasteiger partial charge on any atom is -0.328 e. The first kappa shape index (κ1) is 21.3. The number of nitrogens with zero attached hydrogens (tertiary/aromatic N) is 4. The van der Waals surface area contributed by atoms with Gasteiger partial charge in [0.25, 0.3) is 5.84 Å². The van der Waals surface area contributed by atoms with Crippen LogP contribution in [0.4, 0.5) is 13.2 Å². The molecule has 0 unspecified atom stereocenters. The van der Waals surface area contributed by atoms with E-state index in [1.54, 1.807) is 42.6 Å². The van der Waals surface area contributed by atoms with Crippen molar-refractivity contribution in [2.75, 3.05) is 0 Å². The van der Waals surface area contributed by atoms with E-state index in [0.29, 0.717) is 10.7 Å². The fraction of sp³-hybridized carbons (Fsp3) is 0.100. The molecule has 0 aliphatic heterocycles. The Morgan fingerprint density at radius 2 is 1.80 bits per heavy atom. The Kier molecular flexibility index (Phi) is 6.63. The van der Waals surface area contributed by atoms with E-state index >= 15 is 0 Å². The number of benzene rings is 1. The van der Waals surface area contributed by atoms with Gasteiger partial charge in [0.05, 0.1) is 12.1 Å². The normalized spacial score (nSPS) is 12.7. The summed E-state index contributed by atoms with van der Waals surface area (Å²) in [7, 11) is 0. The van der Waals surface area contributed by atoms with Crippen molar-refractivity contribution in [2.24, 2.45) is 10.1 Å². The van der Waals surface area contributed by atoms with Gasteiger partial charge in [-0.25, -0.2) is 14.8 Å². The molecule has 0 fully saturated rings. The number of carbonyl (C=O) groups is 1. The van der Waals surface area contributed by atoms with Gasteiger partial charge in [-0.3, -0.25) is 0 Å². The van der Waals surface area contributed by atoms with Crippen LogP contribution in [0.1, 0.15) is 15.9 Å². The summed E-state index contributed by atoms with van der Waals surface area (Å²) >= 11 is 5.75. The molecule has 3 rings (SSSR count). The molecule has 30 heavy (non-hydrogen) atoms. The fourth-order valence-corrected chi connectivity index (χ4v) is 2.47. The molecule has 10 heteroatoms. The highest BCUT2D eigenvalue weighted by Crippen LogP contribution is 2.18. The first-order valence-corrected chi connectivity index (χ1v) is 8.93. The monoisotopic (exact) mass is 434 g/mol. The van der Waals surface area contributed by atoms with Crippen LogP contribution in [0.15, 0.2) is 83.2 Å². The number of hydrogen-bond acceptors (Lipinski definition) is 4. The molecule has 0 aliphatic rings. The van der Waals surface area contributed by atoms with Gasteiger partial charge in [-0.1, -0.05) is 41.9 Å². The average Bonchev–Trinajstić information content (AvgIpc) is 2.73. The maximum absolute atomic E-state index is 13.4. The zero-order chi connectivity index (χ0) is 21.6. The lowest BCUT2D eigenvalue weighted by atomic mass is 10.2. The van der Waals surface area contributed by atoms with Crippen LogP contribution in [0.3, 0.4) is 0 Å². The summed E-state index contributed by atoms with van der Waals surface area (Å²) < 4.78 is 41.7. The highest BCUT2D eigenvalue weighted by atomic mass is 35.5. The van der Waals surface area contributed by atoms with Gasteiger partial charge >= 0.3 is 12.1 Å². The maximum atomic E-state index is 13.4. The van der Waals surface area contributed by atoms with E-state index in [-0.39, 0.29) is 17.6 Å². The smallest absolute Gasteiger partial charge is 0.328 e. The molecule has 0 saturated carbocycles. The second-order valence-electron chi connectivity index (χ2n) is 5.95. The Bertz CT molecular complexity index is 1110. The lowest BCUT2D eigenvalue weighted by molar-refractivity contribution is -0.0624. The Hall–Kier alpha value is -3.46. The topological polar surface area (TPSA) is 68.8 Å². The zero-order valence-corrected chi connectivity index (χ0v) is 16.0. The molecule has 0 saturated heterocycles. The van der Waals surface area contributed by atoms with Crippen LogP contribution in [0.25, 0.3) is 0 Å². The molecule has 1 aromatic carbocycles. The van der Waals surface area contributed by atoms with Gasteiger partial charge < -0.3 is 9.40 Å². The number of carbonyl (C=O) groups excluding carboxylic acids is 1. The van der Waals surface area contributed by atoms with Crippen LogP contribution >= 0.6 is 11.6 Å². The van der Waals surface area contributed by atoms with Crippen LogP contribution in [-0.2, 0) is 11.4 Å². The molecule has 2 aromatic heterocycles. The minimum atomic E-state index is -4.94. The van der Waals surface area contributed by atoms with E-state index in [1.807, 2.05) is 0 Å². The van der Waals surface area contributed by atoms with Crippen molar-refractivity contribution >= 4 is 23.4 Å². The third-order valence-corrected chi connectivity index (χ3v) is 3.98. The summed E-state index contributed by atoms with van der Waals surface area (Å²) in [5, 5.41) is 3.26. The third-order valence-electron chi connectivity index (χ3n) is 3.76. The molecule has 0 atom stereocenters. The molecule has 0 radical (unpaired) electrons. The highest BCUT2D eigenvalue weighted by Gasteiger charge is 2.37. The number of halogens is 4. The number of aromatic nitrogens is 2. The van der Waals surface area contributed by atoms with Gasteiger partial charge in [0.1, 0.15) is 10.6 Å². The minimum absolute atomic E-state index is 0.0423. The Labute approximate surface area is 173 Å². The first-order chi connectivity index (χ1) is 14.3. The van der Waals surface area contributed by atoms with Crippen LogP contribution in [0.2, 0.25) is 5.15 Å². The second-order valence-corrected chi connectivity index (χ2v) is 6.33. The Morgan fingerprint density at radius 3 is 2.47 bits per heavy atom. The molecule has 0 bridgehead atoms. The number of oxime groups is 1. The quantitative estimate of drug-likeness (QED) is 0.203. The van der Waals surface area contributed by atoms with Gasteiger partial charge in [0, 0.05) is 12.4 Å². The number of rotatable bonds is 4. The predicted octanol–water partition coefficient (Wildman–Crippen LogP) is 4.22. The summed E-state index contributed by atoms with van der Waals surface area (Å²) in [6.45, 7) is 0.193. The molecule has 3 aromatic rings. The average molecular weight is 435 g/mol.